The van der Waals surface area contributed by atoms with Gasteiger partial charge in [0.05, 0.1) is 0 Å². The zero-order chi connectivity index (χ0) is 13.6. The Kier molecular flexibility index (Phi) is 2.52. The first-order chi connectivity index (χ1) is 9.06. The predicted octanol–water partition coefficient (Wildman–Crippen LogP) is 3.40. The van der Waals surface area contributed by atoms with Crippen molar-refractivity contribution in [1.82, 2.24) is 10.2 Å². The maximum absolute atomic E-state index is 5.84. The Bertz CT molecular complexity index is 774. The molecule has 2 aromatic heterocycles. The Morgan fingerprint density at radius 3 is 2.58 bits per heavy atom. The zero-order valence-electron chi connectivity index (χ0n) is 11.2. The minimum Gasteiger partial charge on any atom is -0.454 e. The molecule has 0 aliphatic heterocycles. The van der Waals surface area contributed by atoms with Crippen LogP contribution in [0.15, 0.2) is 28.7 Å². The van der Waals surface area contributed by atoms with Gasteiger partial charge in [-0.2, -0.15) is 0 Å². The lowest BCUT2D eigenvalue weighted by atomic mass is 10.1. The van der Waals surface area contributed by atoms with E-state index in [1.807, 2.05) is 32.0 Å². The molecular weight excluding hydrogens is 238 g/mol. The van der Waals surface area contributed by atoms with E-state index in [0.717, 1.165) is 33.6 Å². The number of nitrogens with zero attached hydrogens (tertiary/aromatic N) is 2. The van der Waals surface area contributed by atoms with Crippen molar-refractivity contribution in [1.29, 1.82) is 0 Å². The molecule has 4 nitrogen and oxygen atoms in total. The van der Waals surface area contributed by atoms with Crippen molar-refractivity contribution in [3.8, 4) is 11.5 Å². The summed E-state index contributed by atoms with van der Waals surface area (Å²) in [4.78, 5) is 0. The molecule has 0 unspecified atom stereocenters. The highest BCUT2D eigenvalue weighted by Crippen LogP contribution is 2.30. The maximum Gasteiger partial charge on any atom is 0.155 e. The fourth-order valence-corrected chi connectivity index (χ4v) is 2.14. The fraction of sp³-hybridized carbons (Fsp3) is 0.200. The lowest BCUT2D eigenvalue weighted by molar-refractivity contribution is 0.626. The van der Waals surface area contributed by atoms with E-state index in [9.17, 15) is 0 Å². The van der Waals surface area contributed by atoms with Crippen LogP contribution in [0, 0.1) is 20.8 Å². The third-order valence-corrected chi connectivity index (χ3v) is 3.46. The Hall–Kier alpha value is -2.36. The van der Waals surface area contributed by atoms with Crippen LogP contribution in [0.3, 0.4) is 0 Å². The number of hydrogen-bond donors (Lipinski definition) is 1. The van der Waals surface area contributed by atoms with Crippen molar-refractivity contribution in [2.75, 3.05) is 5.73 Å². The van der Waals surface area contributed by atoms with Gasteiger partial charge in [-0.25, -0.2) is 0 Å². The van der Waals surface area contributed by atoms with E-state index < -0.39 is 0 Å². The summed E-state index contributed by atoms with van der Waals surface area (Å²) < 4.78 is 5.84. The van der Waals surface area contributed by atoms with E-state index in [-0.39, 0.29) is 0 Å². The number of anilines is 1. The summed E-state index contributed by atoms with van der Waals surface area (Å²) in [7, 11) is 0. The van der Waals surface area contributed by atoms with Crippen LogP contribution < -0.4 is 5.73 Å². The van der Waals surface area contributed by atoms with Gasteiger partial charge >= 0.3 is 0 Å². The normalized spacial score (nSPS) is 11.1. The molecular formula is C15H15N3O. The fourth-order valence-electron chi connectivity index (χ4n) is 2.14. The Balaban J connectivity index is 2.22. The van der Waals surface area contributed by atoms with Gasteiger partial charge in [0.1, 0.15) is 17.1 Å². The van der Waals surface area contributed by atoms with Crippen molar-refractivity contribution >= 4 is 16.8 Å². The summed E-state index contributed by atoms with van der Waals surface area (Å²) in [5, 5.41) is 9.20. The molecule has 0 bridgehead atoms. The van der Waals surface area contributed by atoms with E-state index in [1.165, 1.54) is 5.56 Å². The molecule has 96 valence electrons. The first-order valence-corrected chi connectivity index (χ1v) is 6.16. The summed E-state index contributed by atoms with van der Waals surface area (Å²) in [6, 6.07) is 8.09. The molecule has 0 saturated heterocycles. The van der Waals surface area contributed by atoms with Crippen molar-refractivity contribution in [2.45, 2.75) is 20.8 Å². The molecule has 0 atom stereocenters. The van der Waals surface area contributed by atoms with E-state index in [0.29, 0.717) is 5.82 Å². The van der Waals surface area contributed by atoms with Crippen molar-refractivity contribution < 1.29 is 4.42 Å². The lowest BCUT2D eigenvalue weighted by Crippen LogP contribution is -2.01. The van der Waals surface area contributed by atoms with Crippen LogP contribution in [0.4, 0.5) is 5.82 Å². The second-order valence-corrected chi connectivity index (χ2v) is 4.84. The average Bonchev–Trinajstić information content (AvgIpc) is 2.78. The van der Waals surface area contributed by atoms with Gasteiger partial charge in [0.15, 0.2) is 5.76 Å². The van der Waals surface area contributed by atoms with Gasteiger partial charge in [0.2, 0.25) is 0 Å². The molecule has 0 saturated carbocycles. The van der Waals surface area contributed by atoms with Gasteiger partial charge in [0, 0.05) is 5.39 Å². The molecule has 4 heteroatoms. The maximum atomic E-state index is 5.84. The summed E-state index contributed by atoms with van der Waals surface area (Å²) in [6.45, 7) is 5.98. The number of furan rings is 1. The lowest BCUT2D eigenvalue weighted by Gasteiger charge is -2.05. The molecule has 19 heavy (non-hydrogen) atoms. The van der Waals surface area contributed by atoms with Gasteiger partial charge in [-0.05, 0) is 50.1 Å². The van der Waals surface area contributed by atoms with E-state index in [1.54, 1.807) is 0 Å². The minimum absolute atomic E-state index is 0.466. The van der Waals surface area contributed by atoms with Crippen LogP contribution in [0.2, 0.25) is 0 Å². The summed E-state index contributed by atoms with van der Waals surface area (Å²) in [5.41, 5.74) is 10.5. The molecule has 0 aliphatic carbocycles. The van der Waals surface area contributed by atoms with Crippen LogP contribution in [0.1, 0.15) is 16.7 Å². The molecule has 3 aromatic rings. The number of rotatable bonds is 1. The van der Waals surface area contributed by atoms with Gasteiger partial charge in [-0.1, -0.05) is 11.6 Å². The van der Waals surface area contributed by atoms with Gasteiger partial charge in [-0.15, -0.1) is 10.2 Å². The average molecular weight is 253 g/mol. The van der Waals surface area contributed by atoms with Crippen LogP contribution in [-0.2, 0) is 0 Å². The number of nitrogens with two attached hydrogens (primary N) is 1. The van der Waals surface area contributed by atoms with E-state index >= 15 is 0 Å². The zero-order valence-corrected chi connectivity index (χ0v) is 11.2. The molecule has 0 radical (unpaired) electrons. The molecule has 2 heterocycles. The molecule has 0 aliphatic rings. The molecule has 1 aromatic carbocycles. The topological polar surface area (TPSA) is 64.9 Å². The quantitative estimate of drug-likeness (QED) is 0.721. The Morgan fingerprint density at radius 1 is 1.00 bits per heavy atom. The standard InChI is InChI=1S/C15H15N3O/c1-8-4-5-12-11(6-8)7-13(19-12)14-9(2)10(3)15(16)18-17-14/h4-7H,1-3H3,(H2,16,18). The first kappa shape index (κ1) is 11.7. The molecule has 0 fully saturated rings. The largest absolute Gasteiger partial charge is 0.454 e. The van der Waals surface area contributed by atoms with Crippen molar-refractivity contribution in [3.63, 3.8) is 0 Å². The van der Waals surface area contributed by atoms with Gasteiger partial charge in [0.25, 0.3) is 0 Å². The molecule has 0 amide bonds. The second-order valence-electron chi connectivity index (χ2n) is 4.84. The first-order valence-electron chi connectivity index (χ1n) is 6.16. The van der Waals surface area contributed by atoms with Crippen molar-refractivity contribution in [2.24, 2.45) is 0 Å². The third-order valence-electron chi connectivity index (χ3n) is 3.46. The van der Waals surface area contributed by atoms with Crippen LogP contribution in [0.5, 0.6) is 0 Å². The molecule has 3 rings (SSSR count). The Morgan fingerprint density at radius 2 is 1.79 bits per heavy atom. The third kappa shape index (κ3) is 1.85. The highest BCUT2D eigenvalue weighted by molar-refractivity contribution is 5.83. The van der Waals surface area contributed by atoms with Gasteiger partial charge < -0.3 is 10.2 Å². The minimum atomic E-state index is 0.466. The van der Waals surface area contributed by atoms with Crippen LogP contribution in [0.25, 0.3) is 22.4 Å². The monoisotopic (exact) mass is 253 g/mol. The predicted molar refractivity (Wildman–Crippen MR) is 75.9 cm³/mol. The molecule has 2 N–H and O–H groups in total. The summed E-state index contributed by atoms with van der Waals surface area (Å²) in [5.74, 6) is 1.20. The number of nitrogen functional groups attached to an aromatic ring is 1. The number of aromatic nitrogens is 2. The smallest absolute Gasteiger partial charge is 0.155 e. The van der Waals surface area contributed by atoms with Crippen LogP contribution >= 0.6 is 0 Å². The number of benzene rings is 1. The summed E-state index contributed by atoms with van der Waals surface area (Å²) in [6.07, 6.45) is 0. The van der Waals surface area contributed by atoms with E-state index in [4.69, 9.17) is 10.2 Å². The molecule has 0 spiro atoms. The van der Waals surface area contributed by atoms with Crippen molar-refractivity contribution in [3.05, 3.63) is 41.0 Å². The summed E-state index contributed by atoms with van der Waals surface area (Å²) >= 11 is 0. The van der Waals surface area contributed by atoms with Gasteiger partial charge in [-0.3, -0.25) is 0 Å². The van der Waals surface area contributed by atoms with Crippen LogP contribution in [-0.4, -0.2) is 10.2 Å². The highest BCUT2D eigenvalue weighted by atomic mass is 16.3. The van der Waals surface area contributed by atoms with E-state index in [2.05, 4.69) is 23.2 Å². The number of aryl methyl sites for hydroxylation is 1. The second kappa shape index (κ2) is 4.09. The number of fused-ring (bicyclic) bond motifs is 1. The highest BCUT2D eigenvalue weighted by Gasteiger charge is 2.14. The Labute approximate surface area is 111 Å². The SMILES string of the molecule is Cc1ccc2oc(-c3nnc(N)c(C)c3C)cc2c1. The number of hydrogen-bond acceptors (Lipinski definition) is 4.